The third-order valence-corrected chi connectivity index (χ3v) is 8.51. The van der Waals surface area contributed by atoms with E-state index in [2.05, 4.69) is 25.2 Å². The molecule has 41 heavy (non-hydrogen) atoms. The summed E-state index contributed by atoms with van der Waals surface area (Å²) in [5.74, 6) is -1.36. The van der Waals surface area contributed by atoms with Gasteiger partial charge in [-0.2, -0.15) is 0 Å². The second-order valence-corrected chi connectivity index (χ2v) is 11.8. The fourth-order valence-electron chi connectivity index (χ4n) is 4.26. The quantitative estimate of drug-likeness (QED) is 0.270. The van der Waals surface area contributed by atoms with Crippen LogP contribution < -0.4 is 10.0 Å². The predicted octanol–water partition coefficient (Wildman–Crippen LogP) is 5.19. The lowest BCUT2D eigenvalue weighted by Gasteiger charge is -2.12. The topological polar surface area (TPSA) is 118 Å². The van der Waals surface area contributed by atoms with Crippen LogP contribution in [0.3, 0.4) is 0 Å². The maximum absolute atomic E-state index is 14.8. The molecule has 0 aliphatic carbocycles. The van der Waals surface area contributed by atoms with E-state index in [1.807, 2.05) is 6.07 Å². The molecule has 0 atom stereocenters. The van der Waals surface area contributed by atoms with Gasteiger partial charge in [0.1, 0.15) is 17.5 Å². The highest BCUT2D eigenvalue weighted by atomic mass is 32.2. The normalized spacial score (nSPS) is 13.8. The van der Waals surface area contributed by atoms with Crippen LogP contribution >= 0.6 is 11.8 Å². The van der Waals surface area contributed by atoms with Gasteiger partial charge in [-0.1, -0.05) is 54.6 Å². The van der Waals surface area contributed by atoms with Gasteiger partial charge in [-0.25, -0.2) is 17.2 Å². The molecule has 212 valence electrons. The number of nitrogens with one attached hydrogen (secondary N) is 2. The van der Waals surface area contributed by atoms with Gasteiger partial charge in [0, 0.05) is 30.3 Å². The first-order valence-electron chi connectivity index (χ1n) is 12.9. The molecule has 2 N–H and O–H groups in total. The van der Waals surface area contributed by atoms with E-state index in [1.54, 1.807) is 30.3 Å². The van der Waals surface area contributed by atoms with E-state index < -0.39 is 27.6 Å². The van der Waals surface area contributed by atoms with Crippen LogP contribution in [-0.4, -0.2) is 47.2 Å². The van der Waals surface area contributed by atoms with Crippen molar-refractivity contribution in [2.75, 3.05) is 17.6 Å². The van der Waals surface area contributed by atoms with Gasteiger partial charge in [0.05, 0.1) is 16.3 Å². The molecule has 0 fully saturated rings. The molecule has 3 aromatic carbocycles. The van der Waals surface area contributed by atoms with E-state index in [9.17, 15) is 22.0 Å². The molecular formula is C28H26F2N6O3S2. The van der Waals surface area contributed by atoms with E-state index in [-0.39, 0.29) is 27.2 Å². The van der Waals surface area contributed by atoms with Crippen LogP contribution in [0.15, 0.2) is 87.8 Å². The summed E-state index contributed by atoms with van der Waals surface area (Å²) in [6.45, 7) is 0.583. The van der Waals surface area contributed by atoms with Crippen LogP contribution in [0.4, 0.5) is 14.5 Å². The number of amidine groups is 1. The lowest BCUT2D eigenvalue weighted by molar-refractivity contribution is -0.113. The summed E-state index contributed by atoms with van der Waals surface area (Å²) in [4.78, 5) is 17.2. The van der Waals surface area contributed by atoms with Gasteiger partial charge < -0.3 is 5.32 Å². The molecule has 0 bridgehead atoms. The monoisotopic (exact) mass is 596 g/mol. The Kier molecular flexibility index (Phi) is 8.74. The van der Waals surface area contributed by atoms with Gasteiger partial charge in [0.2, 0.25) is 5.91 Å². The number of benzene rings is 3. The number of hydrogen-bond acceptors (Lipinski definition) is 7. The average molecular weight is 597 g/mol. The van der Waals surface area contributed by atoms with Crippen molar-refractivity contribution in [2.24, 2.45) is 4.99 Å². The highest BCUT2D eigenvalue weighted by Gasteiger charge is 2.21. The average Bonchev–Trinajstić information content (AvgIpc) is 3.20. The third-order valence-electron chi connectivity index (χ3n) is 6.20. The summed E-state index contributed by atoms with van der Waals surface area (Å²) >= 11 is 1.00. The SMILES string of the molecule is O=C(CSc1nnc(-c2ccccc2)n1-c1ccc(F)cc1F)Nc1cccc(S(=O)(=O)NC2=NCCCCC2)c1. The summed E-state index contributed by atoms with van der Waals surface area (Å²) in [6, 6.07) is 18.1. The number of sulfonamides is 1. The van der Waals surface area contributed by atoms with E-state index >= 15 is 0 Å². The Morgan fingerprint density at radius 2 is 1.78 bits per heavy atom. The standard InChI is InChI=1S/C28H26F2N6O3S2/c29-20-13-14-24(23(30)16-20)36-27(19-8-3-1-4-9-19)33-34-28(36)40-18-26(37)32-21-10-7-11-22(17-21)41(38,39)35-25-12-5-2-6-15-31-25/h1,3-4,7-11,13-14,16-17H,2,5-6,12,15,18H2,(H,31,35)(H,32,37). The van der Waals surface area contributed by atoms with Gasteiger partial charge >= 0.3 is 0 Å². The number of aromatic nitrogens is 3. The zero-order valence-corrected chi connectivity index (χ0v) is 23.4. The number of carbonyl (C=O) groups excluding carboxylic acids is 1. The lowest BCUT2D eigenvalue weighted by atomic mass is 10.2. The van der Waals surface area contributed by atoms with Gasteiger partial charge in [-0.3, -0.25) is 19.1 Å². The molecule has 0 spiro atoms. The van der Waals surface area contributed by atoms with Crippen molar-refractivity contribution in [1.82, 2.24) is 19.5 Å². The number of amides is 1. The number of nitrogens with zero attached hydrogens (tertiary/aromatic N) is 4. The molecule has 0 saturated heterocycles. The Bertz CT molecular complexity index is 1690. The second-order valence-electron chi connectivity index (χ2n) is 9.21. The van der Waals surface area contributed by atoms with Crippen LogP contribution in [0, 0.1) is 11.6 Å². The number of halogens is 2. The summed E-state index contributed by atoms with van der Waals surface area (Å²) in [5, 5.41) is 11.3. The molecule has 5 rings (SSSR count). The van der Waals surface area contributed by atoms with E-state index in [0.717, 1.165) is 43.2 Å². The first-order valence-corrected chi connectivity index (χ1v) is 15.3. The van der Waals surface area contributed by atoms with Crippen LogP contribution in [0.25, 0.3) is 17.1 Å². The number of rotatable bonds is 8. The first-order chi connectivity index (χ1) is 19.8. The van der Waals surface area contributed by atoms with E-state index in [0.29, 0.717) is 30.2 Å². The minimum Gasteiger partial charge on any atom is -0.325 e. The van der Waals surface area contributed by atoms with Crippen molar-refractivity contribution in [1.29, 1.82) is 0 Å². The maximum Gasteiger partial charge on any atom is 0.262 e. The molecule has 0 unspecified atom stereocenters. The molecule has 0 radical (unpaired) electrons. The summed E-state index contributed by atoms with van der Waals surface area (Å²) in [5.41, 5.74) is 0.973. The van der Waals surface area contributed by atoms with Gasteiger partial charge in [-0.15, -0.1) is 10.2 Å². The van der Waals surface area contributed by atoms with Crippen molar-refractivity contribution in [2.45, 2.75) is 35.7 Å². The summed E-state index contributed by atoms with van der Waals surface area (Å²) in [7, 11) is -3.88. The van der Waals surface area contributed by atoms with Crippen molar-refractivity contribution in [3.8, 4) is 17.1 Å². The number of hydrogen-bond donors (Lipinski definition) is 2. The molecule has 1 aliphatic heterocycles. The highest BCUT2D eigenvalue weighted by molar-refractivity contribution is 7.99. The number of thioether (sulfide) groups is 1. The Morgan fingerprint density at radius 1 is 0.951 bits per heavy atom. The molecule has 4 aromatic rings. The largest absolute Gasteiger partial charge is 0.325 e. The Labute approximate surface area is 240 Å². The number of aliphatic imine (C=N–C) groups is 1. The molecule has 1 amide bonds. The van der Waals surface area contributed by atoms with Crippen molar-refractivity contribution < 1.29 is 22.0 Å². The molecule has 0 saturated carbocycles. The van der Waals surface area contributed by atoms with Gasteiger partial charge in [-0.05, 0) is 43.2 Å². The third kappa shape index (κ3) is 6.98. The zero-order chi connectivity index (χ0) is 28.8. The number of anilines is 1. The van der Waals surface area contributed by atoms with Crippen molar-refractivity contribution >= 4 is 39.2 Å². The first kappa shape index (κ1) is 28.4. The highest BCUT2D eigenvalue weighted by Crippen LogP contribution is 2.29. The minimum absolute atomic E-state index is 0.00562. The molecule has 13 heteroatoms. The summed E-state index contributed by atoms with van der Waals surface area (Å²) in [6.07, 6.45) is 3.35. The smallest absolute Gasteiger partial charge is 0.262 e. The van der Waals surface area contributed by atoms with Crippen LogP contribution in [0.1, 0.15) is 25.7 Å². The van der Waals surface area contributed by atoms with Crippen LogP contribution in [0.2, 0.25) is 0 Å². The van der Waals surface area contributed by atoms with Crippen molar-refractivity contribution in [3.63, 3.8) is 0 Å². The Morgan fingerprint density at radius 3 is 2.59 bits per heavy atom. The van der Waals surface area contributed by atoms with Crippen molar-refractivity contribution in [3.05, 3.63) is 84.4 Å². The Hall–Kier alpha value is -4.10. The molecular weight excluding hydrogens is 570 g/mol. The zero-order valence-electron chi connectivity index (χ0n) is 21.8. The predicted molar refractivity (Wildman–Crippen MR) is 154 cm³/mol. The molecule has 2 heterocycles. The lowest BCUT2D eigenvalue weighted by Crippen LogP contribution is -2.30. The minimum atomic E-state index is -3.88. The maximum atomic E-state index is 14.8. The van der Waals surface area contributed by atoms with Crippen LogP contribution in [-0.2, 0) is 14.8 Å². The van der Waals surface area contributed by atoms with E-state index in [4.69, 9.17) is 0 Å². The molecule has 1 aromatic heterocycles. The van der Waals surface area contributed by atoms with Gasteiger partial charge in [0.25, 0.3) is 10.0 Å². The van der Waals surface area contributed by atoms with Gasteiger partial charge in [0.15, 0.2) is 11.0 Å². The van der Waals surface area contributed by atoms with E-state index in [1.165, 1.54) is 28.8 Å². The fraction of sp³-hybridized carbons (Fsp3) is 0.214. The fourth-order valence-corrected chi connectivity index (χ4v) is 6.14. The molecule has 9 nitrogen and oxygen atoms in total. The molecule has 1 aliphatic rings. The number of carbonyl (C=O) groups is 1. The second kappa shape index (κ2) is 12.6. The summed E-state index contributed by atoms with van der Waals surface area (Å²) < 4.78 is 58.3. The van der Waals surface area contributed by atoms with Crippen LogP contribution in [0.5, 0.6) is 0 Å². The Balaban J connectivity index is 1.32.